The van der Waals surface area contributed by atoms with Gasteiger partial charge in [0.25, 0.3) is 0 Å². The van der Waals surface area contributed by atoms with Gasteiger partial charge in [0.15, 0.2) is 0 Å². The molecule has 0 bridgehead atoms. The van der Waals surface area contributed by atoms with Crippen molar-refractivity contribution in [2.24, 2.45) is 0 Å². The van der Waals surface area contributed by atoms with E-state index in [-0.39, 0.29) is 0 Å². The lowest BCUT2D eigenvalue weighted by atomic mass is 10.1. The van der Waals surface area contributed by atoms with Gasteiger partial charge in [-0.25, -0.2) is 0 Å². The molecule has 0 unspecified atom stereocenters. The van der Waals surface area contributed by atoms with Crippen molar-refractivity contribution in [3.05, 3.63) is 17.5 Å². The van der Waals surface area contributed by atoms with Crippen LogP contribution in [-0.2, 0) is 6.54 Å². The first-order chi connectivity index (χ1) is 6.74. The van der Waals surface area contributed by atoms with Gasteiger partial charge in [0.05, 0.1) is 5.69 Å². The first kappa shape index (κ1) is 11.3. The van der Waals surface area contributed by atoms with E-state index >= 15 is 0 Å². The summed E-state index contributed by atoms with van der Waals surface area (Å²) in [6.45, 7) is 7.52. The lowest BCUT2D eigenvalue weighted by Gasteiger charge is -2.03. The molecule has 1 aromatic heterocycles. The minimum absolute atomic E-state index is 1.09. The summed E-state index contributed by atoms with van der Waals surface area (Å²) < 4.78 is 2.13. The molecule has 1 rings (SSSR count). The van der Waals surface area contributed by atoms with Crippen LogP contribution >= 0.6 is 0 Å². The van der Waals surface area contributed by atoms with Crippen molar-refractivity contribution >= 4 is 0 Å². The fraction of sp³-hybridized carbons (Fsp3) is 0.750. The molecule has 0 aromatic carbocycles. The summed E-state index contributed by atoms with van der Waals surface area (Å²) in [4.78, 5) is 0. The first-order valence-electron chi connectivity index (χ1n) is 5.75. The maximum atomic E-state index is 4.44. The minimum Gasteiger partial charge on any atom is -0.270 e. The van der Waals surface area contributed by atoms with Gasteiger partial charge in [-0.2, -0.15) is 5.10 Å². The molecule has 14 heavy (non-hydrogen) atoms. The van der Waals surface area contributed by atoms with E-state index in [1.807, 2.05) is 0 Å². The molecular formula is C12H22N2. The number of rotatable bonds is 6. The number of unbranched alkanes of at least 4 members (excludes halogenated alkanes) is 4. The third-order valence-electron chi connectivity index (χ3n) is 2.58. The standard InChI is InChI=1S/C12H22N2/c1-4-5-6-7-8-9-14-12(3)10-11(2)13-14/h10H,4-9H2,1-3H3. The summed E-state index contributed by atoms with van der Waals surface area (Å²) >= 11 is 0. The number of nitrogens with zero attached hydrogens (tertiary/aromatic N) is 2. The Kier molecular flexibility index (Phi) is 4.71. The Balaban J connectivity index is 2.21. The van der Waals surface area contributed by atoms with Crippen LogP contribution in [0.1, 0.15) is 50.4 Å². The van der Waals surface area contributed by atoms with Gasteiger partial charge in [0.1, 0.15) is 0 Å². The maximum Gasteiger partial charge on any atom is 0.0596 e. The first-order valence-corrected chi connectivity index (χ1v) is 5.75. The number of aromatic nitrogens is 2. The Morgan fingerprint density at radius 2 is 1.86 bits per heavy atom. The Hall–Kier alpha value is -0.790. The zero-order chi connectivity index (χ0) is 10.4. The lowest BCUT2D eigenvalue weighted by molar-refractivity contribution is 0.523. The summed E-state index contributed by atoms with van der Waals surface area (Å²) in [5.41, 5.74) is 2.43. The SMILES string of the molecule is CCCCCCCn1nc(C)cc1C. The third-order valence-corrected chi connectivity index (χ3v) is 2.58. The quantitative estimate of drug-likeness (QED) is 0.634. The van der Waals surface area contributed by atoms with Crippen molar-refractivity contribution in [2.75, 3.05) is 0 Å². The molecule has 0 fully saturated rings. The molecule has 0 aliphatic rings. The monoisotopic (exact) mass is 194 g/mol. The van der Waals surface area contributed by atoms with Crippen molar-refractivity contribution in [3.8, 4) is 0 Å². The van der Waals surface area contributed by atoms with E-state index in [0.717, 1.165) is 12.2 Å². The lowest BCUT2D eigenvalue weighted by Crippen LogP contribution is -2.02. The normalized spacial score (nSPS) is 10.8. The predicted molar refractivity (Wildman–Crippen MR) is 60.5 cm³/mol. The van der Waals surface area contributed by atoms with E-state index in [4.69, 9.17) is 0 Å². The number of hydrogen-bond donors (Lipinski definition) is 0. The van der Waals surface area contributed by atoms with Crippen LogP contribution in [0.15, 0.2) is 6.07 Å². The predicted octanol–water partition coefficient (Wildman–Crippen LogP) is 3.47. The van der Waals surface area contributed by atoms with Crippen LogP contribution in [-0.4, -0.2) is 9.78 Å². The summed E-state index contributed by atoms with van der Waals surface area (Å²) in [6.07, 6.45) is 6.67. The molecule has 0 saturated carbocycles. The molecule has 80 valence electrons. The summed E-state index contributed by atoms with van der Waals surface area (Å²) in [7, 11) is 0. The van der Waals surface area contributed by atoms with Crippen molar-refractivity contribution in [3.63, 3.8) is 0 Å². The molecule has 2 heteroatoms. The Morgan fingerprint density at radius 1 is 1.14 bits per heavy atom. The van der Waals surface area contributed by atoms with Gasteiger partial charge in [0.2, 0.25) is 0 Å². The Labute approximate surface area is 87.3 Å². The molecule has 0 spiro atoms. The maximum absolute atomic E-state index is 4.44. The highest BCUT2D eigenvalue weighted by Gasteiger charge is 1.99. The van der Waals surface area contributed by atoms with E-state index in [1.54, 1.807) is 0 Å². The van der Waals surface area contributed by atoms with Gasteiger partial charge in [0, 0.05) is 12.2 Å². The van der Waals surface area contributed by atoms with Crippen LogP contribution in [0.3, 0.4) is 0 Å². The molecule has 1 heterocycles. The fourth-order valence-corrected chi connectivity index (χ4v) is 1.77. The van der Waals surface area contributed by atoms with Gasteiger partial charge in [-0.05, 0) is 26.3 Å². The number of hydrogen-bond acceptors (Lipinski definition) is 1. The molecule has 0 N–H and O–H groups in total. The summed E-state index contributed by atoms with van der Waals surface area (Å²) in [5, 5.41) is 4.44. The molecule has 0 aliphatic carbocycles. The molecule has 0 atom stereocenters. The molecule has 0 radical (unpaired) electrons. The zero-order valence-electron chi connectivity index (χ0n) is 9.71. The second kappa shape index (κ2) is 5.84. The van der Waals surface area contributed by atoms with Gasteiger partial charge in [-0.3, -0.25) is 4.68 Å². The Morgan fingerprint density at radius 3 is 2.43 bits per heavy atom. The van der Waals surface area contributed by atoms with E-state index < -0.39 is 0 Å². The van der Waals surface area contributed by atoms with Crippen LogP contribution in [0.2, 0.25) is 0 Å². The van der Waals surface area contributed by atoms with Gasteiger partial charge in [-0.15, -0.1) is 0 Å². The minimum atomic E-state index is 1.09. The van der Waals surface area contributed by atoms with Crippen LogP contribution < -0.4 is 0 Å². The van der Waals surface area contributed by atoms with Gasteiger partial charge < -0.3 is 0 Å². The molecule has 1 aromatic rings. The van der Waals surface area contributed by atoms with Crippen LogP contribution in [0.4, 0.5) is 0 Å². The summed E-state index contributed by atoms with van der Waals surface area (Å²) in [5.74, 6) is 0. The van der Waals surface area contributed by atoms with Crippen molar-refractivity contribution in [1.29, 1.82) is 0 Å². The van der Waals surface area contributed by atoms with Crippen LogP contribution in [0.25, 0.3) is 0 Å². The largest absolute Gasteiger partial charge is 0.270 e. The van der Waals surface area contributed by atoms with Crippen molar-refractivity contribution in [2.45, 2.75) is 59.4 Å². The Bertz CT molecular complexity index is 263. The van der Waals surface area contributed by atoms with Gasteiger partial charge in [-0.1, -0.05) is 32.6 Å². The van der Waals surface area contributed by atoms with E-state index in [0.29, 0.717) is 0 Å². The van der Waals surface area contributed by atoms with E-state index in [9.17, 15) is 0 Å². The molecule has 0 saturated heterocycles. The average molecular weight is 194 g/mol. The zero-order valence-corrected chi connectivity index (χ0v) is 9.71. The highest BCUT2D eigenvalue weighted by Crippen LogP contribution is 2.07. The molecular weight excluding hydrogens is 172 g/mol. The highest BCUT2D eigenvalue weighted by atomic mass is 15.3. The molecule has 2 nitrogen and oxygen atoms in total. The second-order valence-corrected chi connectivity index (χ2v) is 4.06. The van der Waals surface area contributed by atoms with Crippen molar-refractivity contribution < 1.29 is 0 Å². The average Bonchev–Trinajstić information content (AvgIpc) is 2.45. The van der Waals surface area contributed by atoms with Gasteiger partial charge >= 0.3 is 0 Å². The van der Waals surface area contributed by atoms with Crippen LogP contribution in [0.5, 0.6) is 0 Å². The molecule has 0 aliphatic heterocycles. The number of aryl methyl sites for hydroxylation is 3. The van der Waals surface area contributed by atoms with E-state index in [1.165, 1.54) is 37.8 Å². The molecule has 0 amide bonds. The van der Waals surface area contributed by atoms with Crippen LogP contribution in [0, 0.1) is 13.8 Å². The summed E-state index contributed by atoms with van der Waals surface area (Å²) in [6, 6.07) is 2.14. The fourth-order valence-electron chi connectivity index (χ4n) is 1.77. The second-order valence-electron chi connectivity index (χ2n) is 4.06. The van der Waals surface area contributed by atoms with E-state index in [2.05, 4.69) is 36.6 Å². The van der Waals surface area contributed by atoms with Crippen molar-refractivity contribution in [1.82, 2.24) is 9.78 Å². The highest BCUT2D eigenvalue weighted by molar-refractivity contribution is 5.06. The smallest absolute Gasteiger partial charge is 0.0596 e. The third kappa shape index (κ3) is 3.52. The topological polar surface area (TPSA) is 17.8 Å².